The van der Waals surface area contributed by atoms with Gasteiger partial charge in [0.1, 0.15) is 0 Å². The van der Waals surface area contributed by atoms with Crippen molar-refractivity contribution >= 4 is 54.5 Å². The predicted molar refractivity (Wildman–Crippen MR) is 79.6 cm³/mol. The van der Waals surface area contributed by atoms with Crippen molar-refractivity contribution in [3.8, 4) is 0 Å². The molecule has 0 aliphatic rings. The molecule has 0 spiro atoms. The number of halogens is 2. The molecule has 1 unspecified atom stereocenters. The molecule has 2 rings (SSSR count). The lowest BCUT2D eigenvalue weighted by molar-refractivity contribution is 0.638. The first-order chi connectivity index (χ1) is 7.74. The lowest BCUT2D eigenvalue weighted by Gasteiger charge is -2.16. The Morgan fingerprint density at radius 3 is 2.62 bits per heavy atom. The Kier molecular flexibility index (Phi) is 4.61. The van der Waals surface area contributed by atoms with Crippen molar-refractivity contribution < 1.29 is 0 Å². The van der Waals surface area contributed by atoms with Crippen LogP contribution in [0.2, 0.25) is 0 Å². The van der Waals surface area contributed by atoms with E-state index in [-0.39, 0.29) is 6.04 Å². The molecule has 2 aromatic rings. The van der Waals surface area contributed by atoms with Crippen LogP contribution in [0, 0.1) is 0 Å². The van der Waals surface area contributed by atoms with Crippen LogP contribution in [0.25, 0.3) is 0 Å². The molecule has 2 aromatic heterocycles. The Bertz CT molecular complexity index is 424. The van der Waals surface area contributed by atoms with Gasteiger partial charge in [0.15, 0.2) is 0 Å². The van der Waals surface area contributed by atoms with E-state index in [9.17, 15) is 0 Å². The average Bonchev–Trinajstić information content (AvgIpc) is 2.84. The Morgan fingerprint density at radius 2 is 2.12 bits per heavy atom. The van der Waals surface area contributed by atoms with E-state index in [1.54, 1.807) is 22.7 Å². The maximum absolute atomic E-state index is 3.61. The van der Waals surface area contributed by atoms with Crippen molar-refractivity contribution in [3.05, 3.63) is 41.6 Å². The van der Waals surface area contributed by atoms with Gasteiger partial charge in [-0.05, 0) is 60.8 Å². The van der Waals surface area contributed by atoms with Crippen molar-refractivity contribution in [1.29, 1.82) is 0 Å². The molecule has 1 nitrogen and oxygen atoms in total. The summed E-state index contributed by atoms with van der Waals surface area (Å²) in [6.07, 6.45) is 0. The van der Waals surface area contributed by atoms with Gasteiger partial charge >= 0.3 is 0 Å². The summed E-state index contributed by atoms with van der Waals surface area (Å²) in [5.41, 5.74) is 1.31. The highest BCUT2D eigenvalue weighted by atomic mass is 79.9. The van der Waals surface area contributed by atoms with Crippen molar-refractivity contribution in [1.82, 2.24) is 5.32 Å². The Morgan fingerprint density at radius 1 is 1.31 bits per heavy atom. The first-order valence-corrected chi connectivity index (χ1v) is 8.32. The number of nitrogens with one attached hydrogen (secondary N) is 1. The summed E-state index contributed by atoms with van der Waals surface area (Å²) in [5.74, 6) is 0. The third kappa shape index (κ3) is 2.59. The Labute approximate surface area is 120 Å². The van der Waals surface area contributed by atoms with Crippen LogP contribution in [0.1, 0.15) is 23.4 Å². The molecule has 0 saturated heterocycles. The van der Waals surface area contributed by atoms with Gasteiger partial charge in [0, 0.05) is 19.2 Å². The summed E-state index contributed by atoms with van der Waals surface area (Å²) in [7, 11) is 0. The second kappa shape index (κ2) is 5.78. The molecule has 0 radical (unpaired) electrons. The zero-order valence-electron chi connectivity index (χ0n) is 8.67. The lowest BCUT2D eigenvalue weighted by Crippen LogP contribution is -2.21. The van der Waals surface area contributed by atoms with E-state index in [0.717, 1.165) is 6.54 Å². The number of hydrogen-bond acceptors (Lipinski definition) is 3. The molecule has 0 fully saturated rings. The van der Waals surface area contributed by atoms with Gasteiger partial charge in [0.25, 0.3) is 0 Å². The topological polar surface area (TPSA) is 12.0 Å². The van der Waals surface area contributed by atoms with Crippen LogP contribution < -0.4 is 5.32 Å². The molecule has 5 heteroatoms. The monoisotopic (exact) mass is 379 g/mol. The van der Waals surface area contributed by atoms with Gasteiger partial charge in [-0.1, -0.05) is 6.92 Å². The summed E-state index contributed by atoms with van der Waals surface area (Å²) in [6.45, 7) is 3.09. The van der Waals surface area contributed by atoms with Gasteiger partial charge in [0.2, 0.25) is 0 Å². The second-order valence-corrected chi connectivity index (χ2v) is 6.70. The molecule has 16 heavy (non-hydrogen) atoms. The number of hydrogen-bond donors (Lipinski definition) is 1. The van der Waals surface area contributed by atoms with E-state index < -0.39 is 0 Å². The first kappa shape index (κ1) is 12.8. The normalized spacial score (nSPS) is 12.9. The largest absolute Gasteiger partial charge is 0.306 e. The van der Waals surface area contributed by atoms with E-state index in [2.05, 4.69) is 66.3 Å². The first-order valence-electron chi connectivity index (χ1n) is 4.92. The Hall–Kier alpha value is 0.320. The zero-order chi connectivity index (χ0) is 11.5. The predicted octanol–water partition coefficient (Wildman–Crippen LogP) is 5.03. The molecule has 0 bridgehead atoms. The standard InChI is InChI=1S/C11H11Br2NS2/c1-2-14-10(7-5-15-6-9(7)13)11-8(12)3-4-16-11/h3-6,10,14H,2H2,1H3. The maximum Gasteiger partial charge on any atom is 0.0701 e. The summed E-state index contributed by atoms with van der Waals surface area (Å²) in [6, 6.07) is 2.38. The van der Waals surface area contributed by atoms with Gasteiger partial charge in [-0.2, -0.15) is 11.3 Å². The summed E-state index contributed by atoms with van der Waals surface area (Å²) >= 11 is 10.7. The molecule has 2 heterocycles. The average molecular weight is 381 g/mol. The van der Waals surface area contributed by atoms with Crippen LogP contribution in [0.3, 0.4) is 0 Å². The molecule has 0 aliphatic heterocycles. The van der Waals surface area contributed by atoms with E-state index >= 15 is 0 Å². The SMILES string of the molecule is CCNC(c1cscc1Br)c1sccc1Br. The van der Waals surface area contributed by atoms with Crippen LogP contribution in [0.15, 0.2) is 31.2 Å². The van der Waals surface area contributed by atoms with E-state index in [1.165, 1.54) is 19.4 Å². The van der Waals surface area contributed by atoms with Gasteiger partial charge < -0.3 is 5.32 Å². The summed E-state index contributed by atoms with van der Waals surface area (Å²) in [5, 5.41) is 9.97. The van der Waals surface area contributed by atoms with Crippen molar-refractivity contribution in [2.75, 3.05) is 6.54 Å². The number of rotatable bonds is 4. The fourth-order valence-corrected chi connectivity index (χ4v) is 4.80. The van der Waals surface area contributed by atoms with Gasteiger partial charge in [0.05, 0.1) is 6.04 Å². The fraction of sp³-hybridized carbons (Fsp3) is 0.273. The third-order valence-electron chi connectivity index (χ3n) is 2.27. The smallest absolute Gasteiger partial charge is 0.0701 e. The van der Waals surface area contributed by atoms with Crippen LogP contribution in [-0.4, -0.2) is 6.54 Å². The van der Waals surface area contributed by atoms with Gasteiger partial charge in [-0.25, -0.2) is 0 Å². The van der Waals surface area contributed by atoms with E-state index in [4.69, 9.17) is 0 Å². The lowest BCUT2D eigenvalue weighted by atomic mass is 10.1. The molecule has 0 aliphatic carbocycles. The van der Waals surface area contributed by atoms with Crippen LogP contribution in [0.4, 0.5) is 0 Å². The minimum absolute atomic E-state index is 0.278. The minimum atomic E-state index is 0.278. The fourth-order valence-electron chi connectivity index (χ4n) is 1.56. The molecule has 1 atom stereocenters. The van der Waals surface area contributed by atoms with Gasteiger partial charge in [-0.3, -0.25) is 0 Å². The molecule has 0 amide bonds. The highest BCUT2D eigenvalue weighted by Crippen LogP contribution is 2.37. The van der Waals surface area contributed by atoms with Crippen LogP contribution >= 0.6 is 54.5 Å². The van der Waals surface area contributed by atoms with Crippen molar-refractivity contribution in [2.45, 2.75) is 13.0 Å². The zero-order valence-corrected chi connectivity index (χ0v) is 13.5. The Balaban J connectivity index is 2.39. The van der Waals surface area contributed by atoms with Crippen molar-refractivity contribution in [3.63, 3.8) is 0 Å². The maximum atomic E-state index is 3.61. The highest BCUT2D eigenvalue weighted by molar-refractivity contribution is 9.11. The summed E-state index contributed by atoms with van der Waals surface area (Å²) in [4.78, 5) is 1.33. The molecule has 0 saturated carbocycles. The van der Waals surface area contributed by atoms with Crippen LogP contribution in [0.5, 0.6) is 0 Å². The van der Waals surface area contributed by atoms with Crippen molar-refractivity contribution in [2.24, 2.45) is 0 Å². The minimum Gasteiger partial charge on any atom is -0.306 e. The van der Waals surface area contributed by atoms with E-state index in [1.807, 2.05) is 0 Å². The molecule has 0 aromatic carbocycles. The van der Waals surface area contributed by atoms with Crippen LogP contribution in [-0.2, 0) is 0 Å². The number of thiophene rings is 2. The molecule has 86 valence electrons. The van der Waals surface area contributed by atoms with E-state index in [0.29, 0.717) is 0 Å². The highest BCUT2D eigenvalue weighted by Gasteiger charge is 2.19. The molecule has 1 N–H and O–H groups in total. The summed E-state index contributed by atoms with van der Waals surface area (Å²) < 4.78 is 2.37. The van der Waals surface area contributed by atoms with Gasteiger partial charge in [-0.15, -0.1) is 11.3 Å². The second-order valence-electron chi connectivity index (χ2n) is 3.30. The molecular formula is C11H11Br2NS2. The quantitative estimate of drug-likeness (QED) is 0.783. The third-order valence-corrected chi connectivity index (χ3v) is 5.96. The molecular weight excluding hydrogens is 370 g/mol.